The molecule has 2 aromatic carbocycles. The maximum absolute atomic E-state index is 5.92. The van der Waals surface area contributed by atoms with Crippen molar-refractivity contribution in [1.82, 2.24) is 0 Å². The standard InChI is InChI=1S/C14H11BrN2S/c15-9-2-1-3-11(6-9)17-13-7-10(16)8-14-12(13)4-5-18-14/h1-8,17H,16H2. The van der Waals surface area contributed by atoms with Crippen molar-refractivity contribution in [2.24, 2.45) is 0 Å². The fraction of sp³-hybridized carbons (Fsp3) is 0. The van der Waals surface area contributed by atoms with Crippen molar-refractivity contribution >= 4 is 54.4 Å². The van der Waals surface area contributed by atoms with Crippen LogP contribution in [0.2, 0.25) is 0 Å². The summed E-state index contributed by atoms with van der Waals surface area (Å²) in [7, 11) is 0. The zero-order valence-corrected chi connectivity index (χ0v) is 11.9. The van der Waals surface area contributed by atoms with E-state index in [-0.39, 0.29) is 0 Å². The van der Waals surface area contributed by atoms with E-state index in [0.717, 1.165) is 21.5 Å². The van der Waals surface area contributed by atoms with E-state index in [9.17, 15) is 0 Å². The first-order valence-electron chi connectivity index (χ1n) is 5.52. The SMILES string of the molecule is Nc1cc(Nc2cccc(Br)c2)c2ccsc2c1. The lowest BCUT2D eigenvalue weighted by Gasteiger charge is -2.09. The number of hydrogen-bond donors (Lipinski definition) is 2. The van der Waals surface area contributed by atoms with Gasteiger partial charge in [-0.25, -0.2) is 0 Å². The van der Waals surface area contributed by atoms with Crippen LogP contribution in [0.25, 0.3) is 10.1 Å². The first kappa shape index (κ1) is 11.6. The number of halogens is 1. The molecule has 0 radical (unpaired) electrons. The lowest BCUT2D eigenvalue weighted by Crippen LogP contribution is -1.93. The van der Waals surface area contributed by atoms with E-state index in [1.54, 1.807) is 11.3 Å². The highest BCUT2D eigenvalue weighted by Gasteiger charge is 2.04. The van der Waals surface area contributed by atoms with Crippen LogP contribution in [0.5, 0.6) is 0 Å². The van der Waals surface area contributed by atoms with Gasteiger partial charge in [0.15, 0.2) is 0 Å². The molecule has 4 heteroatoms. The van der Waals surface area contributed by atoms with E-state index in [0.29, 0.717) is 0 Å². The van der Waals surface area contributed by atoms with Crippen molar-refractivity contribution in [3.8, 4) is 0 Å². The highest BCUT2D eigenvalue weighted by atomic mass is 79.9. The number of nitrogens with two attached hydrogens (primary N) is 1. The Morgan fingerprint density at radius 3 is 2.83 bits per heavy atom. The molecule has 2 nitrogen and oxygen atoms in total. The summed E-state index contributed by atoms with van der Waals surface area (Å²) in [5.74, 6) is 0. The highest BCUT2D eigenvalue weighted by Crippen LogP contribution is 2.33. The minimum absolute atomic E-state index is 0.780. The van der Waals surface area contributed by atoms with Crippen molar-refractivity contribution in [2.45, 2.75) is 0 Å². The van der Waals surface area contributed by atoms with Gasteiger partial charge in [-0.1, -0.05) is 22.0 Å². The maximum atomic E-state index is 5.92. The Bertz CT molecular complexity index is 706. The molecule has 1 aromatic heterocycles. The number of anilines is 3. The molecule has 0 aliphatic carbocycles. The third kappa shape index (κ3) is 2.21. The molecule has 90 valence electrons. The van der Waals surface area contributed by atoms with E-state index in [1.165, 1.54) is 10.1 Å². The van der Waals surface area contributed by atoms with Crippen LogP contribution in [0.1, 0.15) is 0 Å². The molecular weight excluding hydrogens is 308 g/mol. The second kappa shape index (κ2) is 4.63. The fourth-order valence-electron chi connectivity index (χ4n) is 1.92. The zero-order valence-electron chi connectivity index (χ0n) is 9.48. The van der Waals surface area contributed by atoms with Gasteiger partial charge in [-0.2, -0.15) is 0 Å². The molecule has 0 fully saturated rings. The van der Waals surface area contributed by atoms with Crippen LogP contribution in [-0.2, 0) is 0 Å². The number of rotatable bonds is 2. The molecule has 18 heavy (non-hydrogen) atoms. The van der Waals surface area contributed by atoms with Crippen LogP contribution in [0.15, 0.2) is 52.3 Å². The predicted octanol–water partition coefficient (Wildman–Crippen LogP) is 4.99. The van der Waals surface area contributed by atoms with E-state index < -0.39 is 0 Å². The van der Waals surface area contributed by atoms with E-state index in [1.807, 2.05) is 36.4 Å². The Kier molecular flexibility index (Phi) is 2.97. The van der Waals surface area contributed by atoms with E-state index >= 15 is 0 Å². The number of thiophene rings is 1. The second-order valence-corrected chi connectivity index (χ2v) is 5.90. The largest absolute Gasteiger partial charge is 0.399 e. The average molecular weight is 319 g/mol. The summed E-state index contributed by atoms with van der Waals surface area (Å²) in [4.78, 5) is 0. The normalized spacial score (nSPS) is 10.7. The average Bonchev–Trinajstić information content (AvgIpc) is 2.77. The van der Waals surface area contributed by atoms with Gasteiger partial charge >= 0.3 is 0 Å². The lowest BCUT2D eigenvalue weighted by molar-refractivity contribution is 1.56. The molecule has 1 heterocycles. The molecular formula is C14H11BrN2S. The van der Waals surface area contributed by atoms with Gasteiger partial charge in [0.25, 0.3) is 0 Å². The minimum Gasteiger partial charge on any atom is -0.399 e. The smallest absolute Gasteiger partial charge is 0.0493 e. The summed E-state index contributed by atoms with van der Waals surface area (Å²) in [6.07, 6.45) is 0. The lowest BCUT2D eigenvalue weighted by atomic mass is 10.2. The van der Waals surface area contributed by atoms with Crippen LogP contribution < -0.4 is 11.1 Å². The van der Waals surface area contributed by atoms with Crippen molar-refractivity contribution in [2.75, 3.05) is 11.1 Å². The van der Waals surface area contributed by atoms with Crippen LogP contribution in [0, 0.1) is 0 Å². The number of benzene rings is 2. The van der Waals surface area contributed by atoms with Gasteiger partial charge in [-0.3, -0.25) is 0 Å². The first-order chi connectivity index (χ1) is 8.72. The van der Waals surface area contributed by atoms with Gasteiger partial charge in [-0.05, 0) is 41.8 Å². The molecule has 0 bridgehead atoms. The first-order valence-corrected chi connectivity index (χ1v) is 7.19. The number of nitrogen functional groups attached to an aromatic ring is 1. The Morgan fingerprint density at radius 2 is 2.00 bits per heavy atom. The van der Waals surface area contributed by atoms with Gasteiger partial charge in [0.2, 0.25) is 0 Å². The molecule has 0 saturated carbocycles. The van der Waals surface area contributed by atoms with E-state index in [2.05, 4.69) is 32.7 Å². The Labute approximate surface area is 118 Å². The Balaban J connectivity index is 2.06. The third-order valence-electron chi connectivity index (χ3n) is 2.70. The monoisotopic (exact) mass is 318 g/mol. The molecule has 0 amide bonds. The fourth-order valence-corrected chi connectivity index (χ4v) is 3.18. The van der Waals surface area contributed by atoms with E-state index in [4.69, 9.17) is 5.73 Å². The summed E-state index contributed by atoms with van der Waals surface area (Å²) >= 11 is 5.17. The molecule has 0 aliphatic rings. The summed E-state index contributed by atoms with van der Waals surface area (Å²) in [5.41, 5.74) is 8.79. The Morgan fingerprint density at radius 1 is 1.11 bits per heavy atom. The predicted molar refractivity (Wildman–Crippen MR) is 83.7 cm³/mol. The molecule has 3 aromatic rings. The number of nitrogens with one attached hydrogen (secondary N) is 1. The van der Waals surface area contributed by atoms with Crippen molar-refractivity contribution < 1.29 is 0 Å². The third-order valence-corrected chi connectivity index (χ3v) is 4.05. The zero-order chi connectivity index (χ0) is 12.5. The molecule has 0 atom stereocenters. The van der Waals surface area contributed by atoms with Crippen LogP contribution in [0.4, 0.5) is 17.1 Å². The van der Waals surface area contributed by atoms with Crippen LogP contribution in [-0.4, -0.2) is 0 Å². The molecule has 0 aliphatic heterocycles. The quantitative estimate of drug-likeness (QED) is 0.653. The van der Waals surface area contributed by atoms with Gasteiger partial charge < -0.3 is 11.1 Å². The second-order valence-electron chi connectivity index (χ2n) is 4.04. The molecule has 0 unspecified atom stereocenters. The van der Waals surface area contributed by atoms with Crippen LogP contribution >= 0.6 is 27.3 Å². The van der Waals surface area contributed by atoms with Gasteiger partial charge in [0.05, 0.1) is 0 Å². The van der Waals surface area contributed by atoms with Gasteiger partial charge in [-0.15, -0.1) is 11.3 Å². The molecule has 3 rings (SSSR count). The summed E-state index contributed by atoms with van der Waals surface area (Å²) in [6.45, 7) is 0. The Hall–Kier alpha value is -1.52. The van der Waals surface area contributed by atoms with Gasteiger partial charge in [0.1, 0.15) is 0 Å². The topological polar surface area (TPSA) is 38.0 Å². The van der Waals surface area contributed by atoms with Crippen molar-refractivity contribution in [1.29, 1.82) is 0 Å². The summed E-state index contributed by atoms with van der Waals surface area (Å²) in [6, 6.07) is 14.2. The van der Waals surface area contributed by atoms with Crippen molar-refractivity contribution in [3.05, 3.63) is 52.3 Å². The molecule has 0 saturated heterocycles. The number of fused-ring (bicyclic) bond motifs is 1. The van der Waals surface area contributed by atoms with Crippen LogP contribution in [0.3, 0.4) is 0 Å². The van der Waals surface area contributed by atoms with Gasteiger partial charge in [0, 0.05) is 31.6 Å². The highest BCUT2D eigenvalue weighted by molar-refractivity contribution is 9.10. The maximum Gasteiger partial charge on any atom is 0.0493 e. The summed E-state index contributed by atoms with van der Waals surface area (Å²) < 4.78 is 2.26. The minimum atomic E-state index is 0.780. The number of hydrogen-bond acceptors (Lipinski definition) is 3. The van der Waals surface area contributed by atoms with Crippen molar-refractivity contribution in [3.63, 3.8) is 0 Å². The molecule has 0 spiro atoms. The summed E-state index contributed by atoms with van der Waals surface area (Å²) in [5, 5.41) is 6.69. The molecule has 3 N–H and O–H groups in total.